The molecule has 0 spiro atoms. The zero-order valence-corrected chi connectivity index (χ0v) is 9.79. The van der Waals surface area contributed by atoms with Gasteiger partial charge in [0, 0.05) is 7.05 Å². The van der Waals surface area contributed by atoms with Crippen LogP contribution in [0.3, 0.4) is 0 Å². The molecule has 3 N–H and O–H groups in total. The Labute approximate surface area is 101 Å². The zero-order valence-electron chi connectivity index (χ0n) is 8.98. The molecule has 17 heavy (non-hydrogen) atoms. The van der Waals surface area contributed by atoms with Gasteiger partial charge in [-0.3, -0.25) is 0 Å². The minimum Gasteiger partial charge on any atom is -0.409 e. The summed E-state index contributed by atoms with van der Waals surface area (Å²) in [5.74, 6) is -0.0228. The van der Waals surface area contributed by atoms with Crippen LogP contribution < -0.4 is 5.73 Å². The molecule has 0 bridgehead atoms. The molecule has 0 aliphatic rings. The van der Waals surface area contributed by atoms with Crippen LogP contribution in [0.4, 0.5) is 0 Å². The van der Waals surface area contributed by atoms with Crippen LogP contribution >= 0.6 is 11.8 Å². The van der Waals surface area contributed by atoms with Crippen molar-refractivity contribution in [2.24, 2.45) is 17.9 Å². The first-order valence-corrected chi connectivity index (χ1v) is 5.49. The number of nitrogens with zero attached hydrogens (tertiary/aromatic N) is 5. The van der Waals surface area contributed by atoms with Crippen molar-refractivity contribution in [3.8, 4) is 0 Å². The average Bonchev–Trinajstić information content (AvgIpc) is 2.74. The van der Waals surface area contributed by atoms with Gasteiger partial charge in [-0.1, -0.05) is 11.2 Å². The van der Waals surface area contributed by atoms with Crippen molar-refractivity contribution in [3.63, 3.8) is 0 Å². The van der Waals surface area contributed by atoms with Gasteiger partial charge in [-0.05, 0) is 23.9 Å². The topological polar surface area (TPSA) is 102 Å². The first-order chi connectivity index (χ1) is 8.20. The lowest BCUT2D eigenvalue weighted by atomic mass is 10.3. The standard InChI is InChI=1S/C9H10N6OS/c1-15-5-11-13-9(15)17-7-4-2-3-6(12-7)8(10)14-16/h2-5,16H,1H3,(H2,10,14). The molecule has 0 unspecified atom stereocenters. The highest BCUT2D eigenvalue weighted by molar-refractivity contribution is 7.99. The fourth-order valence-corrected chi connectivity index (χ4v) is 1.88. The highest BCUT2D eigenvalue weighted by atomic mass is 32.2. The van der Waals surface area contributed by atoms with Crippen molar-refractivity contribution in [2.75, 3.05) is 0 Å². The number of amidine groups is 1. The van der Waals surface area contributed by atoms with E-state index in [0.717, 1.165) is 0 Å². The fourth-order valence-electron chi connectivity index (χ4n) is 1.12. The largest absolute Gasteiger partial charge is 0.409 e. The molecule has 7 nitrogen and oxygen atoms in total. The molecule has 8 heteroatoms. The van der Waals surface area contributed by atoms with E-state index >= 15 is 0 Å². The van der Waals surface area contributed by atoms with Gasteiger partial charge in [-0.2, -0.15) is 0 Å². The van der Waals surface area contributed by atoms with Gasteiger partial charge >= 0.3 is 0 Å². The average molecular weight is 250 g/mol. The second-order valence-electron chi connectivity index (χ2n) is 3.17. The van der Waals surface area contributed by atoms with E-state index in [1.807, 2.05) is 13.1 Å². The molecule has 2 aromatic heterocycles. The number of pyridine rings is 1. The molecule has 2 heterocycles. The maximum absolute atomic E-state index is 8.57. The van der Waals surface area contributed by atoms with Crippen LogP contribution in [-0.4, -0.2) is 30.8 Å². The van der Waals surface area contributed by atoms with Gasteiger partial charge in [0.15, 0.2) is 11.0 Å². The molecule has 2 rings (SSSR count). The third-order valence-electron chi connectivity index (χ3n) is 1.96. The predicted octanol–water partition coefficient (Wildman–Crippen LogP) is 0.456. The number of hydrogen-bond acceptors (Lipinski definition) is 6. The van der Waals surface area contributed by atoms with E-state index in [0.29, 0.717) is 15.9 Å². The second kappa shape index (κ2) is 4.83. The maximum atomic E-state index is 8.57. The molecule has 88 valence electrons. The summed E-state index contributed by atoms with van der Waals surface area (Å²) in [5.41, 5.74) is 5.88. The van der Waals surface area contributed by atoms with Gasteiger partial charge in [-0.25, -0.2) is 4.98 Å². The Bertz CT molecular complexity index is 552. The Morgan fingerprint density at radius 3 is 3.00 bits per heavy atom. The lowest BCUT2D eigenvalue weighted by Gasteiger charge is -2.02. The Morgan fingerprint density at radius 1 is 1.53 bits per heavy atom. The van der Waals surface area contributed by atoms with Crippen molar-refractivity contribution >= 4 is 17.6 Å². The highest BCUT2D eigenvalue weighted by Crippen LogP contribution is 2.23. The smallest absolute Gasteiger partial charge is 0.197 e. The first kappa shape index (κ1) is 11.4. The van der Waals surface area contributed by atoms with E-state index in [4.69, 9.17) is 10.9 Å². The van der Waals surface area contributed by atoms with Crippen molar-refractivity contribution in [1.29, 1.82) is 0 Å². The van der Waals surface area contributed by atoms with Crippen LogP contribution in [0.15, 0.2) is 39.9 Å². The Hall–Kier alpha value is -2.09. The summed E-state index contributed by atoms with van der Waals surface area (Å²) in [4.78, 5) is 4.23. The molecule has 0 saturated carbocycles. The van der Waals surface area contributed by atoms with Crippen molar-refractivity contribution in [2.45, 2.75) is 10.2 Å². The molecular formula is C9H10N6OS. The summed E-state index contributed by atoms with van der Waals surface area (Å²) < 4.78 is 1.78. The van der Waals surface area contributed by atoms with Crippen molar-refractivity contribution in [1.82, 2.24) is 19.7 Å². The third-order valence-corrected chi connectivity index (χ3v) is 2.95. The number of hydrogen-bond donors (Lipinski definition) is 2. The Kier molecular flexibility index (Phi) is 3.24. The van der Waals surface area contributed by atoms with Crippen LogP contribution in [0.25, 0.3) is 0 Å². The first-order valence-electron chi connectivity index (χ1n) is 4.67. The van der Waals surface area contributed by atoms with E-state index in [1.165, 1.54) is 11.8 Å². The number of rotatable bonds is 3. The number of nitrogens with two attached hydrogens (primary N) is 1. The number of oxime groups is 1. The van der Waals surface area contributed by atoms with Crippen molar-refractivity contribution in [3.05, 3.63) is 30.2 Å². The SMILES string of the molecule is Cn1cnnc1Sc1cccc(C(N)=NO)n1. The number of aromatic nitrogens is 4. The van der Waals surface area contributed by atoms with Crippen LogP contribution in [0.1, 0.15) is 5.69 Å². The summed E-state index contributed by atoms with van der Waals surface area (Å²) in [5, 5.41) is 20.6. The molecular weight excluding hydrogens is 240 g/mol. The minimum atomic E-state index is -0.0228. The van der Waals surface area contributed by atoms with Crippen LogP contribution in [-0.2, 0) is 7.05 Å². The molecule has 0 aliphatic heterocycles. The lowest BCUT2D eigenvalue weighted by Crippen LogP contribution is -2.14. The third kappa shape index (κ3) is 2.53. The molecule has 0 aliphatic carbocycles. The van der Waals surface area contributed by atoms with Gasteiger partial charge < -0.3 is 15.5 Å². The summed E-state index contributed by atoms with van der Waals surface area (Å²) in [6, 6.07) is 5.25. The summed E-state index contributed by atoms with van der Waals surface area (Å²) >= 11 is 1.35. The Balaban J connectivity index is 2.26. The summed E-state index contributed by atoms with van der Waals surface area (Å²) in [6.45, 7) is 0. The fraction of sp³-hybridized carbons (Fsp3) is 0.111. The lowest BCUT2D eigenvalue weighted by molar-refractivity contribution is 0.318. The minimum absolute atomic E-state index is 0.0228. The van der Waals surface area contributed by atoms with Gasteiger partial charge in [-0.15, -0.1) is 10.2 Å². The quantitative estimate of drug-likeness (QED) is 0.355. The molecule has 0 amide bonds. The predicted molar refractivity (Wildman–Crippen MR) is 61.9 cm³/mol. The summed E-state index contributed by atoms with van der Waals surface area (Å²) in [6.07, 6.45) is 1.61. The highest BCUT2D eigenvalue weighted by Gasteiger charge is 2.07. The van der Waals surface area contributed by atoms with Crippen molar-refractivity contribution < 1.29 is 5.21 Å². The molecule has 0 saturated heterocycles. The van der Waals surface area contributed by atoms with E-state index in [2.05, 4.69) is 20.3 Å². The second-order valence-corrected chi connectivity index (χ2v) is 4.16. The zero-order chi connectivity index (χ0) is 12.3. The van der Waals surface area contributed by atoms with E-state index in [9.17, 15) is 0 Å². The van der Waals surface area contributed by atoms with E-state index in [1.54, 1.807) is 23.0 Å². The maximum Gasteiger partial charge on any atom is 0.197 e. The van der Waals surface area contributed by atoms with E-state index in [-0.39, 0.29) is 5.84 Å². The molecule has 0 atom stereocenters. The molecule has 0 radical (unpaired) electrons. The van der Waals surface area contributed by atoms with Crippen LogP contribution in [0, 0.1) is 0 Å². The van der Waals surface area contributed by atoms with Gasteiger partial charge in [0.2, 0.25) is 0 Å². The normalized spacial score (nSPS) is 11.7. The van der Waals surface area contributed by atoms with E-state index < -0.39 is 0 Å². The molecule has 2 aromatic rings. The molecule has 0 fully saturated rings. The van der Waals surface area contributed by atoms with Gasteiger partial charge in [0.05, 0.1) is 0 Å². The Morgan fingerprint density at radius 2 is 2.35 bits per heavy atom. The monoisotopic (exact) mass is 250 g/mol. The van der Waals surface area contributed by atoms with Crippen LogP contribution in [0.2, 0.25) is 0 Å². The van der Waals surface area contributed by atoms with Crippen LogP contribution in [0.5, 0.6) is 0 Å². The van der Waals surface area contributed by atoms with Gasteiger partial charge in [0.25, 0.3) is 0 Å². The number of aryl methyl sites for hydroxylation is 1. The van der Waals surface area contributed by atoms with Gasteiger partial charge in [0.1, 0.15) is 17.0 Å². The molecule has 0 aromatic carbocycles. The summed E-state index contributed by atoms with van der Waals surface area (Å²) in [7, 11) is 1.84.